The molecule has 0 aromatic heterocycles. The summed E-state index contributed by atoms with van der Waals surface area (Å²) in [6, 6.07) is 20.1. The van der Waals surface area contributed by atoms with Crippen molar-refractivity contribution >= 4 is 6.03 Å². The summed E-state index contributed by atoms with van der Waals surface area (Å²) < 4.78 is 0. The van der Waals surface area contributed by atoms with E-state index in [9.17, 15) is 4.79 Å². The molecule has 4 rings (SSSR count). The lowest BCUT2D eigenvalue weighted by molar-refractivity contribution is 0.0913. The van der Waals surface area contributed by atoms with Crippen molar-refractivity contribution in [2.75, 3.05) is 19.6 Å². The Balaban J connectivity index is 1.76. The summed E-state index contributed by atoms with van der Waals surface area (Å²) in [6.07, 6.45) is 4.03. The minimum absolute atomic E-state index is 0.0406. The number of rotatable bonds is 3. The lowest BCUT2D eigenvalue weighted by Gasteiger charge is -2.43. The number of nitrogens with zero attached hydrogens (tertiary/aromatic N) is 2. The van der Waals surface area contributed by atoms with E-state index in [1.165, 1.54) is 16.7 Å². The first-order valence-corrected chi connectivity index (χ1v) is 11.1. The largest absolute Gasteiger partial charge is 0.338 e. The Morgan fingerprint density at radius 1 is 0.966 bits per heavy atom. The summed E-state index contributed by atoms with van der Waals surface area (Å²) >= 11 is 0. The van der Waals surface area contributed by atoms with Gasteiger partial charge in [-0.25, -0.2) is 4.79 Å². The maximum absolute atomic E-state index is 13.4. The van der Waals surface area contributed by atoms with Gasteiger partial charge in [0, 0.05) is 31.7 Å². The molecule has 1 N–H and O–H groups in total. The van der Waals surface area contributed by atoms with Crippen molar-refractivity contribution in [1.82, 2.24) is 15.1 Å². The van der Waals surface area contributed by atoms with E-state index in [2.05, 4.69) is 83.6 Å². The first-order chi connectivity index (χ1) is 14.1. The SMILES string of the molecule is CC(C)N1CCC(N2C(=O)NCCCc3ccccc3C2c2ccccc2)CC1. The fourth-order valence-corrected chi connectivity index (χ4v) is 4.89. The van der Waals surface area contributed by atoms with Crippen LogP contribution in [0.25, 0.3) is 0 Å². The van der Waals surface area contributed by atoms with Gasteiger partial charge in [0.05, 0.1) is 6.04 Å². The average molecular weight is 392 g/mol. The standard InChI is InChI=1S/C25H33N3O/c1-19(2)27-17-14-22(15-18-27)28-24(21-10-4-3-5-11-21)23-13-7-6-9-20(23)12-8-16-26-25(28)29/h3-7,9-11,13,19,22,24H,8,12,14-18H2,1-2H3,(H,26,29). The number of benzene rings is 2. The van der Waals surface area contributed by atoms with Crippen molar-refractivity contribution in [3.05, 3.63) is 71.3 Å². The number of likely N-dealkylation sites (tertiary alicyclic amines) is 1. The molecule has 2 amide bonds. The van der Waals surface area contributed by atoms with Gasteiger partial charge in [-0.15, -0.1) is 0 Å². The molecular weight excluding hydrogens is 358 g/mol. The second-order valence-corrected chi connectivity index (χ2v) is 8.62. The Morgan fingerprint density at radius 2 is 1.66 bits per heavy atom. The molecule has 0 radical (unpaired) electrons. The molecule has 2 aliphatic heterocycles. The third-order valence-corrected chi connectivity index (χ3v) is 6.50. The molecule has 1 unspecified atom stereocenters. The zero-order valence-electron chi connectivity index (χ0n) is 17.7. The fraction of sp³-hybridized carbons (Fsp3) is 0.480. The molecule has 1 saturated heterocycles. The van der Waals surface area contributed by atoms with E-state index in [-0.39, 0.29) is 18.1 Å². The number of nitrogens with one attached hydrogen (secondary N) is 1. The molecule has 2 aliphatic rings. The highest BCUT2D eigenvalue weighted by Gasteiger charge is 2.36. The van der Waals surface area contributed by atoms with Crippen LogP contribution < -0.4 is 5.32 Å². The van der Waals surface area contributed by atoms with E-state index in [1.54, 1.807) is 0 Å². The lowest BCUT2D eigenvalue weighted by atomic mass is 9.89. The smallest absolute Gasteiger partial charge is 0.318 e. The van der Waals surface area contributed by atoms with Crippen molar-refractivity contribution in [2.24, 2.45) is 0 Å². The Morgan fingerprint density at radius 3 is 2.38 bits per heavy atom. The first kappa shape index (κ1) is 20.0. The lowest BCUT2D eigenvalue weighted by Crippen LogP contribution is -2.53. The number of carbonyl (C=O) groups excluding carboxylic acids is 1. The molecule has 1 fully saturated rings. The van der Waals surface area contributed by atoms with Gasteiger partial charge in [-0.05, 0) is 56.2 Å². The van der Waals surface area contributed by atoms with Gasteiger partial charge in [-0.1, -0.05) is 54.6 Å². The monoisotopic (exact) mass is 391 g/mol. The van der Waals surface area contributed by atoms with Gasteiger partial charge in [0.15, 0.2) is 0 Å². The fourth-order valence-electron chi connectivity index (χ4n) is 4.89. The van der Waals surface area contributed by atoms with Gasteiger partial charge in [-0.3, -0.25) is 0 Å². The Hall–Kier alpha value is -2.33. The number of hydrogen-bond acceptors (Lipinski definition) is 2. The Kier molecular flexibility index (Phi) is 6.19. The molecule has 0 bridgehead atoms. The number of fused-ring (bicyclic) bond motifs is 1. The van der Waals surface area contributed by atoms with Crippen LogP contribution >= 0.6 is 0 Å². The van der Waals surface area contributed by atoms with Gasteiger partial charge in [0.25, 0.3) is 0 Å². The van der Waals surface area contributed by atoms with Crippen LogP contribution in [0, 0.1) is 0 Å². The second kappa shape index (κ2) is 9.00. The molecule has 2 aromatic carbocycles. The van der Waals surface area contributed by atoms with Crippen LogP contribution in [0.1, 0.15) is 55.8 Å². The van der Waals surface area contributed by atoms with E-state index in [0.717, 1.165) is 45.3 Å². The summed E-state index contributed by atoms with van der Waals surface area (Å²) in [7, 11) is 0. The summed E-state index contributed by atoms with van der Waals surface area (Å²) in [5.74, 6) is 0. The van der Waals surface area contributed by atoms with E-state index < -0.39 is 0 Å². The number of urea groups is 1. The van der Waals surface area contributed by atoms with Crippen molar-refractivity contribution in [1.29, 1.82) is 0 Å². The van der Waals surface area contributed by atoms with Crippen LogP contribution in [-0.2, 0) is 6.42 Å². The number of aryl methyl sites for hydroxylation is 1. The van der Waals surface area contributed by atoms with Crippen molar-refractivity contribution < 1.29 is 4.79 Å². The number of amides is 2. The number of carbonyl (C=O) groups is 1. The maximum Gasteiger partial charge on any atom is 0.318 e. The Labute approximate surface area is 174 Å². The topological polar surface area (TPSA) is 35.6 Å². The molecule has 2 aromatic rings. The molecule has 154 valence electrons. The van der Waals surface area contributed by atoms with Gasteiger partial charge in [0.1, 0.15) is 0 Å². The van der Waals surface area contributed by atoms with Crippen LogP contribution in [0.2, 0.25) is 0 Å². The average Bonchev–Trinajstić information content (AvgIpc) is 2.82. The predicted molar refractivity (Wildman–Crippen MR) is 118 cm³/mol. The zero-order chi connectivity index (χ0) is 20.2. The molecule has 0 saturated carbocycles. The maximum atomic E-state index is 13.4. The van der Waals surface area contributed by atoms with E-state index in [4.69, 9.17) is 0 Å². The zero-order valence-corrected chi connectivity index (χ0v) is 17.7. The molecule has 29 heavy (non-hydrogen) atoms. The molecule has 2 heterocycles. The molecule has 0 spiro atoms. The highest BCUT2D eigenvalue weighted by Crippen LogP contribution is 2.36. The van der Waals surface area contributed by atoms with E-state index >= 15 is 0 Å². The van der Waals surface area contributed by atoms with Crippen LogP contribution in [0.3, 0.4) is 0 Å². The quantitative estimate of drug-likeness (QED) is 0.829. The van der Waals surface area contributed by atoms with E-state index in [1.807, 2.05) is 0 Å². The van der Waals surface area contributed by atoms with Crippen LogP contribution in [-0.4, -0.2) is 47.5 Å². The van der Waals surface area contributed by atoms with Crippen molar-refractivity contribution in [3.8, 4) is 0 Å². The molecule has 4 heteroatoms. The molecule has 4 nitrogen and oxygen atoms in total. The van der Waals surface area contributed by atoms with Gasteiger partial charge >= 0.3 is 6.03 Å². The summed E-state index contributed by atoms with van der Waals surface area (Å²) in [6.45, 7) is 7.35. The number of piperidine rings is 1. The number of hydrogen-bond donors (Lipinski definition) is 1. The predicted octanol–water partition coefficient (Wildman–Crippen LogP) is 4.61. The Bertz CT molecular complexity index is 812. The highest BCUT2D eigenvalue weighted by atomic mass is 16.2. The normalized spacial score (nSPS) is 21.8. The summed E-state index contributed by atoms with van der Waals surface area (Å²) in [5, 5.41) is 3.21. The summed E-state index contributed by atoms with van der Waals surface area (Å²) in [4.78, 5) is 18.1. The van der Waals surface area contributed by atoms with Crippen LogP contribution in [0.5, 0.6) is 0 Å². The third kappa shape index (κ3) is 4.32. The minimum Gasteiger partial charge on any atom is -0.338 e. The van der Waals surface area contributed by atoms with Gasteiger partial charge < -0.3 is 15.1 Å². The van der Waals surface area contributed by atoms with Crippen LogP contribution in [0.4, 0.5) is 4.79 Å². The first-order valence-electron chi connectivity index (χ1n) is 11.1. The minimum atomic E-state index is -0.0406. The van der Waals surface area contributed by atoms with Crippen molar-refractivity contribution in [2.45, 2.75) is 57.7 Å². The van der Waals surface area contributed by atoms with Gasteiger partial charge in [-0.2, -0.15) is 0 Å². The molecule has 0 aliphatic carbocycles. The third-order valence-electron chi connectivity index (χ3n) is 6.50. The van der Waals surface area contributed by atoms with Crippen LogP contribution in [0.15, 0.2) is 54.6 Å². The van der Waals surface area contributed by atoms with E-state index in [0.29, 0.717) is 6.04 Å². The highest BCUT2D eigenvalue weighted by molar-refractivity contribution is 5.76. The second-order valence-electron chi connectivity index (χ2n) is 8.62. The van der Waals surface area contributed by atoms with Gasteiger partial charge in [0.2, 0.25) is 0 Å². The molecule has 1 atom stereocenters. The summed E-state index contributed by atoms with van der Waals surface area (Å²) in [5.41, 5.74) is 3.84. The van der Waals surface area contributed by atoms with Crippen molar-refractivity contribution in [3.63, 3.8) is 0 Å². The molecular formula is C25H33N3O.